The van der Waals surface area contributed by atoms with Gasteiger partial charge in [0.05, 0.1) is 11.5 Å². The Labute approximate surface area is 127 Å². The lowest BCUT2D eigenvalue weighted by Crippen LogP contribution is -2.34. The van der Waals surface area contributed by atoms with Gasteiger partial charge in [0, 0.05) is 38.7 Å². The molecule has 0 radical (unpaired) electrons. The zero-order valence-corrected chi connectivity index (χ0v) is 14.0. The summed E-state index contributed by atoms with van der Waals surface area (Å²) in [6.45, 7) is 7.25. The maximum absolute atomic E-state index is 12.3. The number of ether oxygens (including phenoxy) is 1. The average molecular weight is 318 g/mol. The van der Waals surface area contributed by atoms with Gasteiger partial charge in [0.15, 0.2) is 0 Å². The highest BCUT2D eigenvalue weighted by molar-refractivity contribution is 7.89. The van der Waals surface area contributed by atoms with Gasteiger partial charge in [0.2, 0.25) is 10.0 Å². The molecule has 0 aliphatic heterocycles. The van der Waals surface area contributed by atoms with Gasteiger partial charge in [-0.3, -0.25) is 0 Å². The van der Waals surface area contributed by atoms with E-state index in [0.717, 1.165) is 6.42 Å². The minimum atomic E-state index is -3.56. The van der Waals surface area contributed by atoms with Crippen LogP contribution in [-0.2, 0) is 27.9 Å². The van der Waals surface area contributed by atoms with Crippen LogP contribution in [0.1, 0.15) is 32.9 Å². The topological polar surface area (TPSA) is 80.6 Å². The highest BCUT2D eigenvalue weighted by Crippen LogP contribution is 2.21. The molecule has 122 valence electrons. The molecule has 1 heterocycles. The molecule has 0 aliphatic carbocycles. The molecule has 0 saturated heterocycles. The number of nitrogens with one attached hydrogen (secondary N) is 1. The second-order valence-electron chi connectivity index (χ2n) is 5.84. The van der Waals surface area contributed by atoms with Gasteiger partial charge in [0.25, 0.3) is 0 Å². The number of aliphatic hydroxyl groups excluding tert-OH is 1. The number of sulfonamides is 1. The molecule has 7 heteroatoms. The van der Waals surface area contributed by atoms with Crippen molar-refractivity contribution in [3.05, 3.63) is 18.0 Å². The monoisotopic (exact) mass is 318 g/mol. The van der Waals surface area contributed by atoms with Crippen LogP contribution >= 0.6 is 0 Å². The van der Waals surface area contributed by atoms with Gasteiger partial charge in [-0.2, -0.15) is 0 Å². The molecule has 1 aromatic heterocycles. The summed E-state index contributed by atoms with van der Waals surface area (Å²) < 4.78 is 34.0. The highest BCUT2D eigenvalue weighted by Gasteiger charge is 2.23. The molecular weight excluding hydrogens is 292 g/mol. The Hall–Kier alpha value is -0.890. The number of rotatable bonds is 9. The molecule has 2 N–H and O–H groups in total. The SMILES string of the molecule is CCn1cc(S(=O)(=O)NCC(C)(C)CCOC)cc1CO. The van der Waals surface area contributed by atoms with Crippen molar-refractivity contribution in [2.45, 2.75) is 45.2 Å². The standard InChI is InChI=1S/C14H26N2O4S/c1-5-16-9-13(8-12(16)10-17)21(18,19)15-11-14(2,3)6-7-20-4/h8-9,15,17H,5-7,10-11H2,1-4H3. The van der Waals surface area contributed by atoms with Crippen LogP contribution in [0.25, 0.3) is 0 Å². The van der Waals surface area contributed by atoms with Crippen LogP contribution in [0.5, 0.6) is 0 Å². The summed E-state index contributed by atoms with van der Waals surface area (Å²) in [4.78, 5) is 0.191. The van der Waals surface area contributed by atoms with E-state index in [2.05, 4.69) is 4.72 Å². The number of methoxy groups -OCH3 is 1. The van der Waals surface area contributed by atoms with Crippen LogP contribution in [0.2, 0.25) is 0 Å². The summed E-state index contributed by atoms with van der Waals surface area (Å²) in [6.07, 6.45) is 2.32. The quantitative estimate of drug-likeness (QED) is 0.720. The molecule has 21 heavy (non-hydrogen) atoms. The Morgan fingerprint density at radius 3 is 2.57 bits per heavy atom. The maximum Gasteiger partial charge on any atom is 0.242 e. The number of hydrogen-bond donors (Lipinski definition) is 2. The molecule has 6 nitrogen and oxygen atoms in total. The van der Waals surface area contributed by atoms with Gasteiger partial charge >= 0.3 is 0 Å². The molecule has 0 spiro atoms. The Morgan fingerprint density at radius 1 is 1.43 bits per heavy atom. The van der Waals surface area contributed by atoms with Crippen LogP contribution in [0.4, 0.5) is 0 Å². The van der Waals surface area contributed by atoms with E-state index in [4.69, 9.17) is 4.74 Å². The first-order valence-corrected chi connectivity index (χ1v) is 8.52. The van der Waals surface area contributed by atoms with Crippen molar-refractivity contribution in [2.75, 3.05) is 20.3 Å². The minimum absolute atomic E-state index is 0.178. The fraction of sp³-hybridized carbons (Fsp3) is 0.714. The fourth-order valence-corrected chi connectivity index (χ4v) is 3.24. The first-order chi connectivity index (χ1) is 9.75. The molecule has 0 amide bonds. The van der Waals surface area contributed by atoms with E-state index in [1.165, 1.54) is 6.07 Å². The van der Waals surface area contributed by atoms with Crippen molar-refractivity contribution in [3.8, 4) is 0 Å². The first kappa shape index (κ1) is 18.2. The zero-order chi connectivity index (χ0) is 16.1. The van der Waals surface area contributed by atoms with E-state index in [0.29, 0.717) is 25.4 Å². The second-order valence-corrected chi connectivity index (χ2v) is 7.61. The molecule has 1 aromatic rings. The van der Waals surface area contributed by atoms with Crippen molar-refractivity contribution < 1.29 is 18.3 Å². The second kappa shape index (κ2) is 7.40. The number of aromatic nitrogens is 1. The van der Waals surface area contributed by atoms with Crippen LogP contribution in [0.3, 0.4) is 0 Å². The van der Waals surface area contributed by atoms with Crippen LogP contribution in [-0.4, -0.2) is 38.4 Å². The molecule has 0 bridgehead atoms. The van der Waals surface area contributed by atoms with E-state index >= 15 is 0 Å². The Morgan fingerprint density at radius 2 is 2.10 bits per heavy atom. The Kier molecular flexibility index (Phi) is 6.40. The number of nitrogens with zero attached hydrogens (tertiary/aromatic N) is 1. The third kappa shape index (κ3) is 5.10. The Bertz CT molecular complexity index is 528. The summed E-state index contributed by atoms with van der Waals surface area (Å²) in [5.41, 5.74) is 0.410. The summed E-state index contributed by atoms with van der Waals surface area (Å²) >= 11 is 0. The molecule has 0 aromatic carbocycles. The molecule has 0 aliphatic rings. The fourth-order valence-electron chi connectivity index (χ4n) is 1.94. The third-order valence-electron chi connectivity index (χ3n) is 3.50. The normalized spacial score (nSPS) is 12.8. The third-order valence-corrected chi connectivity index (χ3v) is 4.87. The summed E-state index contributed by atoms with van der Waals surface area (Å²) in [7, 11) is -1.93. The molecule has 0 fully saturated rings. The highest BCUT2D eigenvalue weighted by atomic mass is 32.2. The van der Waals surface area contributed by atoms with Crippen LogP contribution in [0, 0.1) is 5.41 Å². The van der Waals surface area contributed by atoms with Crippen LogP contribution < -0.4 is 4.72 Å². The van der Waals surface area contributed by atoms with Gasteiger partial charge in [-0.15, -0.1) is 0 Å². The number of aryl methyl sites for hydroxylation is 1. The van der Waals surface area contributed by atoms with Gasteiger partial charge < -0.3 is 14.4 Å². The molecule has 1 rings (SSSR count). The van der Waals surface area contributed by atoms with Crippen molar-refractivity contribution in [2.24, 2.45) is 5.41 Å². The minimum Gasteiger partial charge on any atom is -0.390 e. The first-order valence-electron chi connectivity index (χ1n) is 7.04. The van der Waals surface area contributed by atoms with Crippen molar-refractivity contribution in [1.82, 2.24) is 9.29 Å². The predicted octanol–water partition coefficient (Wildman–Crippen LogP) is 1.34. The summed E-state index contributed by atoms with van der Waals surface area (Å²) in [5.74, 6) is 0. The lowest BCUT2D eigenvalue weighted by atomic mass is 9.90. The molecule has 0 atom stereocenters. The molecular formula is C14H26N2O4S. The maximum atomic E-state index is 12.3. The van der Waals surface area contributed by atoms with E-state index in [1.807, 2.05) is 20.8 Å². The number of aliphatic hydroxyl groups is 1. The van der Waals surface area contributed by atoms with E-state index in [1.54, 1.807) is 17.9 Å². The van der Waals surface area contributed by atoms with Crippen LogP contribution in [0.15, 0.2) is 17.2 Å². The molecule has 0 saturated carbocycles. The van der Waals surface area contributed by atoms with Gasteiger partial charge in [0.1, 0.15) is 0 Å². The smallest absolute Gasteiger partial charge is 0.242 e. The van der Waals surface area contributed by atoms with Gasteiger partial charge in [-0.25, -0.2) is 13.1 Å². The van der Waals surface area contributed by atoms with Crippen molar-refractivity contribution in [1.29, 1.82) is 0 Å². The van der Waals surface area contributed by atoms with Gasteiger partial charge in [-0.1, -0.05) is 13.8 Å². The largest absolute Gasteiger partial charge is 0.390 e. The summed E-state index contributed by atoms with van der Waals surface area (Å²) in [5, 5.41) is 9.23. The summed E-state index contributed by atoms with van der Waals surface area (Å²) in [6, 6.07) is 1.51. The Balaban J connectivity index is 2.80. The lowest BCUT2D eigenvalue weighted by Gasteiger charge is -2.24. The van der Waals surface area contributed by atoms with E-state index < -0.39 is 10.0 Å². The average Bonchev–Trinajstić information content (AvgIpc) is 2.87. The lowest BCUT2D eigenvalue weighted by molar-refractivity contribution is 0.153. The van der Waals surface area contributed by atoms with Crippen molar-refractivity contribution in [3.63, 3.8) is 0 Å². The zero-order valence-electron chi connectivity index (χ0n) is 13.2. The van der Waals surface area contributed by atoms with E-state index in [-0.39, 0.29) is 16.9 Å². The number of hydrogen-bond acceptors (Lipinski definition) is 4. The van der Waals surface area contributed by atoms with Gasteiger partial charge in [-0.05, 0) is 24.8 Å². The predicted molar refractivity (Wildman–Crippen MR) is 81.5 cm³/mol. The van der Waals surface area contributed by atoms with Crippen molar-refractivity contribution >= 4 is 10.0 Å². The molecule has 0 unspecified atom stereocenters. The van der Waals surface area contributed by atoms with E-state index in [9.17, 15) is 13.5 Å².